The summed E-state index contributed by atoms with van der Waals surface area (Å²) in [6.07, 6.45) is 9.32. The van der Waals surface area contributed by atoms with E-state index >= 15 is 0 Å². The molecule has 1 saturated carbocycles. The third-order valence-electron chi connectivity index (χ3n) is 4.32. The Morgan fingerprint density at radius 3 is 2.85 bits per heavy atom. The second-order valence-electron chi connectivity index (χ2n) is 6.26. The number of rotatable bonds is 7. The third-order valence-corrected chi connectivity index (χ3v) is 4.32. The van der Waals surface area contributed by atoms with Gasteiger partial charge in [0.25, 0.3) is 0 Å². The minimum atomic E-state index is 0.637. The Morgan fingerprint density at radius 2 is 2.15 bits per heavy atom. The van der Waals surface area contributed by atoms with Gasteiger partial charge in [-0.15, -0.1) is 0 Å². The summed E-state index contributed by atoms with van der Waals surface area (Å²) in [5.74, 6) is 2.02. The fourth-order valence-electron chi connectivity index (χ4n) is 3.00. The lowest BCUT2D eigenvalue weighted by Crippen LogP contribution is -2.39. The Labute approximate surface area is 122 Å². The van der Waals surface area contributed by atoms with Crippen molar-refractivity contribution < 1.29 is 0 Å². The topological polar surface area (TPSA) is 41.0 Å². The molecule has 1 aliphatic heterocycles. The fourth-order valence-corrected chi connectivity index (χ4v) is 3.00. The molecule has 1 N–H and O–H groups in total. The number of nitrogens with zero attached hydrogens (tertiary/aromatic N) is 3. The Balaban J connectivity index is 1.70. The number of hydrogen-bond acceptors (Lipinski definition) is 4. The van der Waals surface area contributed by atoms with Crippen molar-refractivity contribution >= 4 is 5.82 Å². The van der Waals surface area contributed by atoms with Gasteiger partial charge < -0.3 is 10.2 Å². The zero-order chi connectivity index (χ0) is 13.8. The SMILES string of the molecule is CCCc1cc(N(CC2CC2)CC2CCCN2)ncn1. The predicted molar refractivity (Wildman–Crippen MR) is 82.0 cm³/mol. The van der Waals surface area contributed by atoms with E-state index < -0.39 is 0 Å². The van der Waals surface area contributed by atoms with Crippen LogP contribution in [-0.4, -0.2) is 35.6 Å². The van der Waals surface area contributed by atoms with Crippen LogP contribution in [0.2, 0.25) is 0 Å². The third kappa shape index (κ3) is 3.69. The van der Waals surface area contributed by atoms with Gasteiger partial charge in [0, 0.05) is 30.9 Å². The quantitative estimate of drug-likeness (QED) is 0.829. The van der Waals surface area contributed by atoms with E-state index in [9.17, 15) is 0 Å². The summed E-state index contributed by atoms with van der Waals surface area (Å²) in [5.41, 5.74) is 1.18. The van der Waals surface area contributed by atoms with Gasteiger partial charge in [-0.05, 0) is 44.6 Å². The van der Waals surface area contributed by atoms with Gasteiger partial charge in [0.05, 0.1) is 0 Å². The summed E-state index contributed by atoms with van der Waals surface area (Å²) in [5, 5.41) is 3.61. The molecular weight excluding hydrogens is 248 g/mol. The molecule has 0 spiro atoms. The molecule has 0 radical (unpaired) electrons. The van der Waals surface area contributed by atoms with Crippen LogP contribution < -0.4 is 10.2 Å². The van der Waals surface area contributed by atoms with Crippen LogP contribution in [0.1, 0.15) is 44.7 Å². The normalized spacial score (nSPS) is 22.1. The maximum absolute atomic E-state index is 4.53. The smallest absolute Gasteiger partial charge is 0.132 e. The first kappa shape index (κ1) is 13.8. The predicted octanol–water partition coefficient (Wildman–Crippen LogP) is 2.40. The van der Waals surface area contributed by atoms with Crippen LogP contribution in [0.15, 0.2) is 12.4 Å². The molecule has 2 heterocycles. The zero-order valence-corrected chi connectivity index (χ0v) is 12.5. The molecule has 1 saturated heterocycles. The van der Waals surface area contributed by atoms with Gasteiger partial charge in [-0.2, -0.15) is 0 Å². The van der Waals surface area contributed by atoms with Crippen molar-refractivity contribution in [3.63, 3.8) is 0 Å². The molecular formula is C16H26N4. The Hall–Kier alpha value is -1.16. The second-order valence-corrected chi connectivity index (χ2v) is 6.26. The summed E-state index contributed by atoms with van der Waals surface area (Å²) in [4.78, 5) is 11.4. The zero-order valence-electron chi connectivity index (χ0n) is 12.5. The van der Waals surface area contributed by atoms with E-state index in [2.05, 4.69) is 33.2 Å². The fraction of sp³-hybridized carbons (Fsp3) is 0.750. The molecule has 4 heteroatoms. The maximum Gasteiger partial charge on any atom is 0.132 e. The highest BCUT2D eigenvalue weighted by molar-refractivity contribution is 5.39. The summed E-state index contributed by atoms with van der Waals surface area (Å²) < 4.78 is 0. The van der Waals surface area contributed by atoms with Crippen LogP contribution in [0, 0.1) is 5.92 Å². The Kier molecular flexibility index (Phi) is 4.51. The average molecular weight is 274 g/mol. The molecule has 1 atom stereocenters. The molecule has 0 bridgehead atoms. The lowest BCUT2D eigenvalue weighted by molar-refractivity contribution is 0.566. The standard InChI is InChI=1S/C16H26N4/c1-2-4-14-9-16(19-12-18-14)20(10-13-6-7-13)11-15-5-3-8-17-15/h9,12-13,15,17H,2-8,10-11H2,1H3. The number of anilines is 1. The lowest BCUT2D eigenvalue weighted by atomic mass is 10.2. The molecule has 1 aromatic heterocycles. The summed E-state index contributed by atoms with van der Waals surface area (Å²) in [6, 6.07) is 2.83. The first-order valence-electron chi connectivity index (χ1n) is 8.14. The molecule has 1 aromatic rings. The Bertz CT molecular complexity index is 424. The second kappa shape index (κ2) is 6.53. The van der Waals surface area contributed by atoms with Crippen molar-refractivity contribution in [2.24, 2.45) is 5.92 Å². The summed E-state index contributed by atoms with van der Waals surface area (Å²) in [6.45, 7) is 5.64. The molecule has 1 unspecified atom stereocenters. The molecule has 4 nitrogen and oxygen atoms in total. The van der Waals surface area contributed by atoms with E-state index in [1.165, 1.54) is 44.5 Å². The van der Waals surface area contributed by atoms with Crippen molar-refractivity contribution in [2.75, 3.05) is 24.5 Å². The molecule has 2 aliphatic rings. The lowest BCUT2D eigenvalue weighted by Gasteiger charge is -2.27. The Morgan fingerprint density at radius 1 is 1.25 bits per heavy atom. The van der Waals surface area contributed by atoms with Crippen LogP contribution in [0.25, 0.3) is 0 Å². The van der Waals surface area contributed by atoms with E-state index in [4.69, 9.17) is 0 Å². The summed E-state index contributed by atoms with van der Waals surface area (Å²) in [7, 11) is 0. The van der Waals surface area contributed by atoms with Gasteiger partial charge in [0.2, 0.25) is 0 Å². The first-order valence-corrected chi connectivity index (χ1v) is 8.14. The molecule has 110 valence electrons. The monoisotopic (exact) mass is 274 g/mol. The highest BCUT2D eigenvalue weighted by Gasteiger charge is 2.27. The van der Waals surface area contributed by atoms with Crippen molar-refractivity contribution in [2.45, 2.75) is 51.5 Å². The van der Waals surface area contributed by atoms with Gasteiger partial charge in [0.1, 0.15) is 12.1 Å². The van der Waals surface area contributed by atoms with Crippen LogP contribution in [0.3, 0.4) is 0 Å². The molecule has 0 amide bonds. The van der Waals surface area contributed by atoms with E-state index in [1.54, 1.807) is 6.33 Å². The minimum absolute atomic E-state index is 0.637. The van der Waals surface area contributed by atoms with E-state index in [-0.39, 0.29) is 0 Å². The van der Waals surface area contributed by atoms with E-state index in [0.717, 1.165) is 31.1 Å². The van der Waals surface area contributed by atoms with Gasteiger partial charge in [-0.3, -0.25) is 0 Å². The highest BCUT2D eigenvalue weighted by atomic mass is 15.2. The molecule has 1 aliphatic carbocycles. The first-order chi connectivity index (χ1) is 9.85. The number of aromatic nitrogens is 2. The van der Waals surface area contributed by atoms with E-state index in [1.807, 2.05) is 0 Å². The van der Waals surface area contributed by atoms with Crippen molar-refractivity contribution in [1.82, 2.24) is 15.3 Å². The summed E-state index contributed by atoms with van der Waals surface area (Å²) >= 11 is 0. The number of hydrogen-bond donors (Lipinski definition) is 1. The van der Waals surface area contributed by atoms with Crippen LogP contribution in [-0.2, 0) is 6.42 Å². The van der Waals surface area contributed by atoms with Gasteiger partial charge in [0.15, 0.2) is 0 Å². The molecule has 2 fully saturated rings. The van der Waals surface area contributed by atoms with Gasteiger partial charge in [-0.25, -0.2) is 9.97 Å². The largest absolute Gasteiger partial charge is 0.355 e. The molecule has 3 rings (SSSR count). The van der Waals surface area contributed by atoms with Gasteiger partial charge >= 0.3 is 0 Å². The average Bonchev–Trinajstić information content (AvgIpc) is 3.12. The van der Waals surface area contributed by atoms with Crippen LogP contribution in [0.4, 0.5) is 5.82 Å². The van der Waals surface area contributed by atoms with Crippen molar-refractivity contribution in [3.8, 4) is 0 Å². The minimum Gasteiger partial charge on any atom is -0.355 e. The molecule has 0 aromatic carbocycles. The van der Waals surface area contributed by atoms with Gasteiger partial charge in [-0.1, -0.05) is 13.3 Å². The molecule has 20 heavy (non-hydrogen) atoms. The van der Waals surface area contributed by atoms with Crippen molar-refractivity contribution in [1.29, 1.82) is 0 Å². The number of nitrogens with one attached hydrogen (secondary N) is 1. The van der Waals surface area contributed by atoms with Crippen molar-refractivity contribution in [3.05, 3.63) is 18.1 Å². The van der Waals surface area contributed by atoms with Crippen LogP contribution >= 0.6 is 0 Å². The maximum atomic E-state index is 4.53. The highest BCUT2D eigenvalue weighted by Crippen LogP contribution is 2.31. The number of aryl methyl sites for hydroxylation is 1. The van der Waals surface area contributed by atoms with Crippen LogP contribution in [0.5, 0.6) is 0 Å². The van der Waals surface area contributed by atoms with E-state index in [0.29, 0.717) is 6.04 Å².